The van der Waals surface area contributed by atoms with Crippen molar-refractivity contribution in [3.63, 3.8) is 0 Å². The number of carboxylic acid groups (broad SMARTS) is 1. The van der Waals surface area contributed by atoms with Crippen LogP contribution in [0.15, 0.2) is 30.6 Å². The van der Waals surface area contributed by atoms with E-state index in [-0.39, 0.29) is 11.4 Å². The summed E-state index contributed by atoms with van der Waals surface area (Å²) in [5.41, 5.74) is 5.26. The number of anilines is 1. The van der Waals surface area contributed by atoms with Crippen LogP contribution < -0.4 is 11.1 Å². The van der Waals surface area contributed by atoms with E-state index in [0.29, 0.717) is 11.3 Å². The third kappa shape index (κ3) is 2.64. The van der Waals surface area contributed by atoms with Crippen LogP contribution in [0.5, 0.6) is 0 Å². The number of aromatic nitrogens is 2. The zero-order valence-corrected chi connectivity index (χ0v) is 10.1. The van der Waals surface area contributed by atoms with Crippen molar-refractivity contribution < 1.29 is 19.5 Å². The molecular formula is C12H10N4O4. The van der Waals surface area contributed by atoms with E-state index in [2.05, 4.69) is 15.3 Å². The normalized spacial score (nSPS) is 10.0. The molecule has 0 saturated heterocycles. The van der Waals surface area contributed by atoms with E-state index in [9.17, 15) is 14.4 Å². The lowest BCUT2D eigenvalue weighted by molar-refractivity contribution is 0.0686. The smallest absolute Gasteiger partial charge is 0.354 e. The molecule has 1 aromatic carbocycles. The molecule has 0 aliphatic carbocycles. The standard InChI is InChI=1S/C12H10N4O4/c13-10(17)6-1-3-7(4-2-6)16-11(18)8-9(12(19)20)15-5-14-8/h1-5H,(H2,13,17)(H,14,15)(H,16,18)(H,19,20). The second-order valence-corrected chi connectivity index (χ2v) is 3.83. The van der Waals surface area contributed by atoms with Crippen molar-refractivity contribution in [2.45, 2.75) is 0 Å². The summed E-state index contributed by atoms with van der Waals surface area (Å²) in [6.45, 7) is 0. The summed E-state index contributed by atoms with van der Waals surface area (Å²) < 4.78 is 0. The largest absolute Gasteiger partial charge is 0.477 e. The maximum Gasteiger partial charge on any atom is 0.354 e. The lowest BCUT2D eigenvalue weighted by Crippen LogP contribution is -2.17. The van der Waals surface area contributed by atoms with Gasteiger partial charge >= 0.3 is 5.97 Å². The van der Waals surface area contributed by atoms with Gasteiger partial charge in [-0.25, -0.2) is 9.78 Å². The minimum absolute atomic E-state index is 0.225. The molecule has 2 aromatic rings. The van der Waals surface area contributed by atoms with Crippen LogP contribution in [0.25, 0.3) is 0 Å². The fourth-order valence-corrected chi connectivity index (χ4v) is 1.54. The highest BCUT2D eigenvalue weighted by Gasteiger charge is 2.19. The minimum atomic E-state index is -1.28. The van der Waals surface area contributed by atoms with Gasteiger partial charge in [0.25, 0.3) is 5.91 Å². The number of carbonyl (C=O) groups is 3. The Balaban J connectivity index is 2.17. The number of aromatic amines is 1. The molecule has 8 heteroatoms. The average Bonchev–Trinajstić information content (AvgIpc) is 2.88. The van der Waals surface area contributed by atoms with Crippen molar-refractivity contribution in [3.8, 4) is 0 Å². The predicted molar refractivity (Wildman–Crippen MR) is 68.5 cm³/mol. The number of nitrogens with zero attached hydrogens (tertiary/aromatic N) is 1. The third-order valence-corrected chi connectivity index (χ3v) is 2.50. The van der Waals surface area contributed by atoms with Crippen LogP contribution >= 0.6 is 0 Å². The number of carboxylic acids is 1. The first-order chi connectivity index (χ1) is 9.49. The Bertz CT molecular complexity index is 675. The fraction of sp³-hybridized carbons (Fsp3) is 0. The number of aromatic carboxylic acids is 1. The Labute approximate surface area is 112 Å². The van der Waals surface area contributed by atoms with Gasteiger partial charge in [0.2, 0.25) is 5.91 Å². The molecule has 0 saturated carbocycles. The zero-order valence-electron chi connectivity index (χ0n) is 10.1. The van der Waals surface area contributed by atoms with Crippen molar-refractivity contribution in [1.29, 1.82) is 0 Å². The number of nitrogens with one attached hydrogen (secondary N) is 2. The summed E-state index contributed by atoms with van der Waals surface area (Å²) in [4.78, 5) is 39.6. The summed E-state index contributed by atoms with van der Waals surface area (Å²) in [7, 11) is 0. The molecule has 8 nitrogen and oxygen atoms in total. The topological polar surface area (TPSA) is 138 Å². The van der Waals surface area contributed by atoms with Crippen molar-refractivity contribution in [2.75, 3.05) is 5.32 Å². The number of carbonyl (C=O) groups excluding carboxylic acids is 2. The van der Waals surface area contributed by atoms with Gasteiger partial charge < -0.3 is 21.1 Å². The Kier molecular flexibility index (Phi) is 3.47. The number of primary amides is 1. The molecule has 0 spiro atoms. The number of imidazole rings is 1. The molecule has 0 unspecified atom stereocenters. The number of benzene rings is 1. The lowest BCUT2D eigenvalue weighted by atomic mass is 10.2. The SMILES string of the molecule is NC(=O)c1ccc(NC(=O)c2nc[nH]c2C(=O)O)cc1. The summed E-state index contributed by atoms with van der Waals surface area (Å²) in [6.07, 6.45) is 1.12. The molecule has 5 N–H and O–H groups in total. The summed E-state index contributed by atoms with van der Waals surface area (Å²) in [5.74, 6) is -2.53. The van der Waals surface area contributed by atoms with Gasteiger partial charge in [0.1, 0.15) is 0 Å². The van der Waals surface area contributed by atoms with E-state index >= 15 is 0 Å². The number of hydrogen-bond donors (Lipinski definition) is 4. The first-order valence-corrected chi connectivity index (χ1v) is 5.47. The van der Waals surface area contributed by atoms with Gasteiger partial charge in [-0.1, -0.05) is 0 Å². The highest BCUT2D eigenvalue weighted by molar-refractivity contribution is 6.08. The van der Waals surface area contributed by atoms with Gasteiger partial charge in [-0.3, -0.25) is 9.59 Å². The Morgan fingerprint density at radius 3 is 2.40 bits per heavy atom. The molecule has 0 aliphatic rings. The van der Waals surface area contributed by atoms with Crippen molar-refractivity contribution in [2.24, 2.45) is 5.73 Å². The van der Waals surface area contributed by atoms with E-state index in [1.807, 2.05) is 0 Å². The molecule has 0 radical (unpaired) electrons. The van der Waals surface area contributed by atoms with E-state index < -0.39 is 17.8 Å². The number of hydrogen-bond acceptors (Lipinski definition) is 4. The van der Waals surface area contributed by atoms with Crippen molar-refractivity contribution in [3.05, 3.63) is 47.5 Å². The molecule has 0 aliphatic heterocycles. The quantitative estimate of drug-likeness (QED) is 0.641. The van der Waals surface area contributed by atoms with Gasteiger partial charge in [0.15, 0.2) is 11.4 Å². The average molecular weight is 274 g/mol. The Morgan fingerprint density at radius 2 is 1.85 bits per heavy atom. The first-order valence-electron chi connectivity index (χ1n) is 5.47. The molecule has 20 heavy (non-hydrogen) atoms. The Morgan fingerprint density at radius 1 is 1.20 bits per heavy atom. The summed E-state index contributed by atoms with van der Waals surface area (Å²) in [5, 5.41) is 11.3. The van der Waals surface area contributed by atoms with Crippen LogP contribution in [0.3, 0.4) is 0 Å². The molecule has 0 fully saturated rings. The fourth-order valence-electron chi connectivity index (χ4n) is 1.54. The van der Waals surface area contributed by atoms with Crippen LogP contribution in [0.2, 0.25) is 0 Å². The molecule has 0 bridgehead atoms. The van der Waals surface area contributed by atoms with E-state index in [1.165, 1.54) is 24.3 Å². The molecular weight excluding hydrogens is 264 g/mol. The van der Waals surface area contributed by atoms with Crippen LogP contribution in [0, 0.1) is 0 Å². The third-order valence-electron chi connectivity index (χ3n) is 2.50. The first kappa shape index (κ1) is 13.3. The predicted octanol–water partition coefficient (Wildman–Crippen LogP) is 0.459. The van der Waals surface area contributed by atoms with Gasteiger partial charge in [0, 0.05) is 11.3 Å². The molecule has 2 rings (SSSR count). The lowest BCUT2D eigenvalue weighted by Gasteiger charge is -2.04. The number of rotatable bonds is 4. The van der Waals surface area contributed by atoms with Crippen molar-refractivity contribution >= 4 is 23.5 Å². The molecule has 0 atom stereocenters. The maximum absolute atomic E-state index is 11.9. The van der Waals surface area contributed by atoms with Gasteiger partial charge in [-0.2, -0.15) is 0 Å². The monoisotopic (exact) mass is 274 g/mol. The van der Waals surface area contributed by atoms with Crippen LogP contribution in [0.4, 0.5) is 5.69 Å². The summed E-state index contributed by atoms with van der Waals surface area (Å²) in [6, 6.07) is 5.84. The zero-order chi connectivity index (χ0) is 14.7. The molecule has 1 aromatic heterocycles. The van der Waals surface area contributed by atoms with Crippen molar-refractivity contribution in [1.82, 2.24) is 9.97 Å². The number of amides is 2. The highest BCUT2D eigenvalue weighted by Crippen LogP contribution is 2.12. The van der Waals surface area contributed by atoms with Crippen LogP contribution in [-0.4, -0.2) is 32.9 Å². The van der Waals surface area contributed by atoms with E-state index in [1.54, 1.807) is 0 Å². The number of nitrogens with two attached hydrogens (primary N) is 1. The Hall–Kier alpha value is -3.16. The molecule has 1 heterocycles. The van der Waals surface area contributed by atoms with Gasteiger partial charge in [-0.05, 0) is 24.3 Å². The second kappa shape index (κ2) is 5.22. The number of H-pyrrole nitrogens is 1. The highest BCUT2D eigenvalue weighted by atomic mass is 16.4. The van der Waals surface area contributed by atoms with E-state index in [0.717, 1.165) is 6.33 Å². The maximum atomic E-state index is 11.9. The van der Waals surface area contributed by atoms with E-state index in [4.69, 9.17) is 10.8 Å². The van der Waals surface area contributed by atoms with Crippen LogP contribution in [0.1, 0.15) is 31.3 Å². The molecule has 102 valence electrons. The minimum Gasteiger partial charge on any atom is -0.477 e. The van der Waals surface area contributed by atoms with Gasteiger partial charge in [-0.15, -0.1) is 0 Å². The van der Waals surface area contributed by atoms with Gasteiger partial charge in [0.05, 0.1) is 6.33 Å². The summed E-state index contributed by atoms with van der Waals surface area (Å²) >= 11 is 0. The second-order valence-electron chi connectivity index (χ2n) is 3.83. The molecule has 2 amide bonds. The van der Waals surface area contributed by atoms with Crippen LogP contribution in [-0.2, 0) is 0 Å².